The first-order valence-corrected chi connectivity index (χ1v) is 13.5. The van der Waals surface area contributed by atoms with E-state index < -0.39 is 0 Å². The maximum atomic E-state index is 13.2. The standard InChI is InChI=1S/C25H30N4O3S2/c1-4-5-13-29-24(32)22-16(2)17(3)34-23(22)27-25(29)33-15-12-20(30)26-18-8-10-19(11-9-18)28-14-6-7-21(28)31/h8-11H,4-7,12-15H2,1-3H3,(H,26,30). The molecular formula is C25H30N4O3S2. The molecule has 0 aliphatic carbocycles. The summed E-state index contributed by atoms with van der Waals surface area (Å²) in [7, 11) is 0. The summed E-state index contributed by atoms with van der Waals surface area (Å²) in [6.07, 6.45) is 3.68. The van der Waals surface area contributed by atoms with E-state index in [0.717, 1.165) is 52.2 Å². The molecule has 2 aromatic heterocycles. The minimum absolute atomic E-state index is 0.0174. The lowest BCUT2D eigenvalue weighted by molar-refractivity contribution is -0.117. The maximum absolute atomic E-state index is 13.2. The molecule has 1 aromatic carbocycles. The van der Waals surface area contributed by atoms with Crippen molar-refractivity contribution >= 4 is 56.5 Å². The number of unbranched alkanes of at least 4 members (excludes halogenated alkanes) is 1. The summed E-state index contributed by atoms with van der Waals surface area (Å²) in [5.74, 6) is 0.578. The normalized spacial score (nSPS) is 13.7. The van der Waals surface area contributed by atoms with Crippen molar-refractivity contribution in [2.75, 3.05) is 22.5 Å². The third-order valence-electron chi connectivity index (χ3n) is 6.09. The minimum atomic E-state index is -0.0937. The van der Waals surface area contributed by atoms with Crippen molar-refractivity contribution in [2.24, 2.45) is 0 Å². The van der Waals surface area contributed by atoms with Gasteiger partial charge in [-0.05, 0) is 56.5 Å². The van der Waals surface area contributed by atoms with Gasteiger partial charge in [-0.25, -0.2) is 4.98 Å². The van der Waals surface area contributed by atoms with Crippen LogP contribution in [0.4, 0.5) is 11.4 Å². The van der Waals surface area contributed by atoms with E-state index in [2.05, 4.69) is 12.2 Å². The first-order chi connectivity index (χ1) is 16.4. The fraction of sp³-hybridized carbons (Fsp3) is 0.440. The molecule has 3 aromatic rings. The number of carbonyl (C=O) groups is 2. The Morgan fingerprint density at radius 3 is 2.65 bits per heavy atom. The zero-order valence-corrected chi connectivity index (χ0v) is 21.5. The van der Waals surface area contributed by atoms with Crippen molar-refractivity contribution in [3.63, 3.8) is 0 Å². The fourth-order valence-electron chi connectivity index (χ4n) is 4.04. The molecule has 9 heteroatoms. The second kappa shape index (κ2) is 10.7. The number of thiophene rings is 1. The smallest absolute Gasteiger partial charge is 0.263 e. The van der Waals surface area contributed by atoms with Crippen LogP contribution in [0.2, 0.25) is 0 Å². The van der Waals surface area contributed by atoms with Crippen molar-refractivity contribution in [1.82, 2.24) is 9.55 Å². The molecule has 1 fully saturated rings. The molecule has 2 amide bonds. The predicted molar refractivity (Wildman–Crippen MR) is 140 cm³/mol. The largest absolute Gasteiger partial charge is 0.326 e. The summed E-state index contributed by atoms with van der Waals surface area (Å²) in [6.45, 7) is 7.48. The third kappa shape index (κ3) is 5.20. The molecule has 1 aliphatic rings. The average Bonchev–Trinajstić information content (AvgIpc) is 3.36. The van der Waals surface area contributed by atoms with Crippen molar-refractivity contribution in [3.8, 4) is 0 Å². The van der Waals surface area contributed by atoms with Gasteiger partial charge in [-0.15, -0.1) is 11.3 Å². The van der Waals surface area contributed by atoms with Gasteiger partial charge in [-0.3, -0.25) is 19.0 Å². The molecule has 1 aliphatic heterocycles. The van der Waals surface area contributed by atoms with E-state index in [1.54, 1.807) is 20.8 Å². The Labute approximate surface area is 207 Å². The van der Waals surface area contributed by atoms with E-state index in [4.69, 9.17) is 4.98 Å². The Morgan fingerprint density at radius 1 is 1.21 bits per heavy atom. The molecule has 0 atom stereocenters. The van der Waals surface area contributed by atoms with Gasteiger partial charge in [0.2, 0.25) is 11.8 Å². The van der Waals surface area contributed by atoms with Gasteiger partial charge in [-0.2, -0.15) is 0 Å². The zero-order valence-electron chi connectivity index (χ0n) is 19.8. The molecule has 1 N–H and O–H groups in total. The van der Waals surface area contributed by atoms with Gasteiger partial charge in [0.1, 0.15) is 4.83 Å². The molecule has 180 valence electrons. The molecular weight excluding hydrogens is 468 g/mol. The highest BCUT2D eigenvalue weighted by molar-refractivity contribution is 7.99. The van der Waals surface area contributed by atoms with Crippen LogP contribution in [0.3, 0.4) is 0 Å². The van der Waals surface area contributed by atoms with E-state index in [1.807, 2.05) is 38.1 Å². The van der Waals surface area contributed by atoms with Crippen molar-refractivity contribution in [2.45, 2.75) is 64.6 Å². The molecule has 7 nitrogen and oxygen atoms in total. The van der Waals surface area contributed by atoms with Crippen LogP contribution in [-0.4, -0.2) is 33.7 Å². The van der Waals surface area contributed by atoms with E-state index >= 15 is 0 Å². The summed E-state index contributed by atoms with van der Waals surface area (Å²) in [6, 6.07) is 7.38. The van der Waals surface area contributed by atoms with Gasteiger partial charge in [0.25, 0.3) is 5.56 Å². The SMILES string of the molecule is CCCCn1c(SCCC(=O)Nc2ccc(N3CCCC3=O)cc2)nc2sc(C)c(C)c2c1=O. The zero-order chi connectivity index (χ0) is 24.2. The van der Waals surface area contributed by atoms with Crippen molar-refractivity contribution in [1.29, 1.82) is 0 Å². The number of nitrogens with one attached hydrogen (secondary N) is 1. The van der Waals surface area contributed by atoms with Gasteiger partial charge in [0.05, 0.1) is 5.39 Å². The van der Waals surface area contributed by atoms with Crippen LogP contribution in [0.25, 0.3) is 10.2 Å². The number of fused-ring (bicyclic) bond motifs is 1. The summed E-state index contributed by atoms with van der Waals surface area (Å²) in [4.78, 5) is 46.0. The second-order valence-corrected chi connectivity index (χ2v) is 10.8. The lowest BCUT2D eigenvalue weighted by Crippen LogP contribution is -2.23. The Morgan fingerprint density at radius 2 is 1.97 bits per heavy atom. The topological polar surface area (TPSA) is 84.3 Å². The number of hydrogen-bond donors (Lipinski definition) is 1. The van der Waals surface area contributed by atoms with Gasteiger partial charge in [0, 0.05) is 47.9 Å². The number of anilines is 2. The number of aromatic nitrogens is 2. The van der Waals surface area contributed by atoms with Gasteiger partial charge in [0.15, 0.2) is 5.16 Å². The molecule has 4 rings (SSSR count). The highest BCUT2D eigenvalue weighted by Gasteiger charge is 2.21. The van der Waals surface area contributed by atoms with Gasteiger partial charge in [-0.1, -0.05) is 25.1 Å². The summed E-state index contributed by atoms with van der Waals surface area (Å²) in [5.41, 5.74) is 2.60. The van der Waals surface area contributed by atoms with E-state index in [0.29, 0.717) is 36.0 Å². The van der Waals surface area contributed by atoms with Crippen molar-refractivity contribution < 1.29 is 9.59 Å². The molecule has 34 heavy (non-hydrogen) atoms. The maximum Gasteiger partial charge on any atom is 0.263 e. The monoisotopic (exact) mass is 498 g/mol. The number of nitrogens with zero attached hydrogens (tertiary/aromatic N) is 3. The molecule has 0 spiro atoms. The van der Waals surface area contributed by atoms with Gasteiger partial charge < -0.3 is 10.2 Å². The van der Waals surface area contributed by atoms with Crippen LogP contribution < -0.4 is 15.8 Å². The summed E-state index contributed by atoms with van der Waals surface area (Å²) in [5, 5.41) is 4.32. The lowest BCUT2D eigenvalue weighted by atomic mass is 10.2. The van der Waals surface area contributed by atoms with Crippen LogP contribution in [0.1, 0.15) is 49.5 Å². The number of carbonyl (C=O) groups excluding carboxylic acids is 2. The van der Waals surface area contributed by atoms with Crippen LogP contribution >= 0.6 is 23.1 Å². The van der Waals surface area contributed by atoms with E-state index in [9.17, 15) is 14.4 Å². The molecule has 0 unspecified atom stereocenters. The number of hydrogen-bond acceptors (Lipinski definition) is 6. The van der Waals surface area contributed by atoms with E-state index in [-0.39, 0.29) is 17.4 Å². The number of benzene rings is 1. The Bertz CT molecular complexity index is 1260. The Kier molecular flexibility index (Phi) is 7.73. The molecule has 0 saturated carbocycles. The summed E-state index contributed by atoms with van der Waals surface area (Å²) < 4.78 is 1.77. The predicted octanol–water partition coefficient (Wildman–Crippen LogP) is 5.12. The molecule has 0 radical (unpaired) electrons. The highest BCUT2D eigenvalue weighted by Crippen LogP contribution is 2.29. The van der Waals surface area contributed by atoms with Crippen molar-refractivity contribution in [3.05, 3.63) is 45.1 Å². The lowest BCUT2D eigenvalue weighted by Gasteiger charge is -2.16. The third-order valence-corrected chi connectivity index (χ3v) is 8.16. The number of rotatable bonds is 9. The fourth-order valence-corrected chi connectivity index (χ4v) is 6.07. The quantitative estimate of drug-likeness (QED) is 0.327. The van der Waals surface area contributed by atoms with Crippen LogP contribution in [0.15, 0.2) is 34.2 Å². The number of thioether (sulfide) groups is 1. The number of amides is 2. The van der Waals surface area contributed by atoms with Crippen LogP contribution in [-0.2, 0) is 16.1 Å². The highest BCUT2D eigenvalue weighted by atomic mass is 32.2. The van der Waals surface area contributed by atoms with E-state index in [1.165, 1.54) is 11.8 Å². The first kappa shape index (κ1) is 24.5. The molecule has 3 heterocycles. The first-order valence-electron chi connectivity index (χ1n) is 11.7. The summed E-state index contributed by atoms with van der Waals surface area (Å²) >= 11 is 3.00. The van der Waals surface area contributed by atoms with Crippen LogP contribution in [0.5, 0.6) is 0 Å². The Balaban J connectivity index is 1.39. The molecule has 0 bridgehead atoms. The Hall–Kier alpha value is -2.65. The average molecular weight is 499 g/mol. The minimum Gasteiger partial charge on any atom is -0.326 e. The molecule has 1 saturated heterocycles. The van der Waals surface area contributed by atoms with Gasteiger partial charge >= 0.3 is 0 Å². The number of aryl methyl sites for hydroxylation is 2. The van der Waals surface area contributed by atoms with Crippen LogP contribution in [0, 0.1) is 13.8 Å². The second-order valence-electron chi connectivity index (χ2n) is 8.51.